The molecule has 18 heavy (non-hydrogen) atoms. The number of benzene rings is 1. The number of methoxy groups -OCH3 is 1. The fourth-order valence-corrected chi connectivity index (χ4v) is 1.65. The lowest BCUT2D eigenvalue weighted by molar-refractivity contribution is 0.0697. The summed E-state index contributed by atoms with van der Waals surface area (Å²) in [6.07, 6.45) is 1.71. The van der Waals surface area contributed by atoms with Gasteiger partial charge < -0.3 is 20.3 Å². The highest BCUT2D eigenvalue weighted by molar-refractivity contribution is 5.94. The van der Waals surface area contributed by atoms with E-state index >= 15 is 0 Å². The Kier molecular flexibility index (Phi) is 4.83. The van der Waals surface area contributed by atoms with Gasteiger partial charge in [-0.15, -0.1) is 0 Å². The molecule has 5 heteroatoms. The lowest BCUT2D eigenvalue weighted by Gasteiger charge is -2.18. The summed E-state index contributed by atoms with van der Waals surface area (Å²) in [4.78, 5) is 11.0. The van der Waals surface area contributed by atoms with E-state index in [9.17, 15) is 4.79 Å². The highest BCUT2D eigenvalue weighted by Crippen LogP contribution is 2.33. The van der Waals surface area contributed by atoms with E-state index in [1.165, 1.54) is 19.2 Å². The van der Waals surface area contributed by atoms with E-state index in [4.69, 9.17) is 20.3 Å². The molecule has 0 saturated heterocycles. The Morgan fingerprint density at radius 2 is 1.94 bits per heavy atom. The average molecular weight is 253 g/mol. The molecule has 100 valence electrons. The Balaban J connectivity index is 3.15. The number of nitrogens with two attached hydrogens (primary N) is 1. The number of anilines is 1. The molecule has 3 N–H and O–H groups in total. The maximum Gasteiger partial charge on any atom is 0.337 e. The van der Waals surface area contributed by atoms with Crippen LogP contribution in [0.3, 0.4) is 0 Å². The van der Waals surface area contributed by atoms with Gasteiger partial charge in [0.15, 0.2) is 11.5 Å². The SMILES string of the molecule is CCC(CC)Oc1cc(C(=O)O)c(N)cc1OC. The van der Waals surface area contributed by atoms with Crippen LogP contribution in [0.4, 0.5) is 5.69 Å². The molecule has 1 rings (SSSR count). The molecule has 5 nitrogen and oxygen atoms in total. The number of hydrogen-bond acceptors (Lipinski definition) is 4. The monoisotopic (exact) mass is 253 g/mol. The van der Waals surface area contributed by atoms with Gasteiger partial charge in [-0.05, 0) is 12.8 Å². The zero-order valence-corrected chi connectivity index (χ0v) is 10.9. The maximum atomic E-state index is 11.0. The van der Waals surface area contributed by atoms with E-state index in [-0.39, 0.29) is 17.4 Å². The number of aromatic carboxylic acids is 1. The number of rotatable bonds is 6. The predicted octanol–water partition coefficient (Wildman–Crippen LogP) is 2.54. The number of carboxylic acids is 1. The summed E-state index contributed by atoms with van der Waals surface area (Å²) in [7, 11) is 1.50. The van der Waals surface area contributed by atoms with Crippen molar-refractivity contribution in [3.8, 4) is 11.5 Å². The first-order valence-corrected chi connectivity index (χ1v) is 5.90. The van der Waals surface area contributed by atoms with E-state index in [1.54, 1.807) is 0 Å². The number of carbonyl (C=O) groups is 1. The largest absolute Gasteiger partial charge is 0.493 e. The summed E-state index contributed by atoms with van der Waals surface area (Å²) in [6.45, 7) is 4.02. The van der Waals surface area contributed by atoms with Gasteiger partial charge in [-0.25, -0.2) is 4.79 Å². The van der Waals surface area contributed by atoms with E-state index in [0.717, 1.165) is 12.8 Å². The lowest BCUT2D eigenvalue weighted by Crippen LogP contribution is -2.15. The normalized spacial score (nSPS) is 10.4. The van der Waals surface area contributed by atoms with Crippen LogP contribution in [0.5, 0.6) is 11.5 Å². The van der Waals surface area contributed by atoms with E-state index in [0.29, 0.717) is 11.5 Å². The Morgan fingerprint density at radius 1 is 1.33 bits per heavy atom. The van der Waals surface area contributed by atoms with Gasteiger partial charge >= 0.3 is 5.97 Å². The van der Waals surface area contributed by atoms with Crippen LogP contribution in [-0.4, -0.2) is 24.3 Å². The van der Waals surface area contributed by atoms with Gasteiger partial charge in [0.25, 0.3) is 0 Å². The first-order valence-electron chi connectivity index (χ1n) is 5.90. The molecule has 0 aliphatic carbocycles. The van der Waals surface area contributed by atoms with Crippen LogP contribution in [0, 0.1) is 0 Å². The molecular formula is C13H19NO4. The number of hydrogen-bond donors (Lipinski definition) is 2. The molecule has 1 aromatic rings. The third-order valence-electron chi connectivity index (χ3n) is 2.77. The Morgan fingerprint density at radius 3 is 2.39 bits per heavy atom. The molecule has 0 aliphatic rings. The third-order valence-corrected chi connectivity index (χ3v) is 2.77. The highest BCUT2D eigenvalue weighted by atomic mass is 16.5. The van der Waals surface area contributed by atoms with E-state index in [1.807, 2.05) is 13.8 Å². The third kappa shape index (κ3) is 3.06. The molecule has 0 heterocycles. The molecule has 0 atom stereocenters. The van der Waals surface area contributed by atoms with Crippen LogP contribution >= 0.6 is 0 Å². The minimum absolute atomic E-state index is 0.0248. The van der Waals surface area contributed by atoms with Crippen LogP contribution < -0.4 is 15.2 Å². The van der Waals surface area contributed by atoms with Gasteiger partial charge in [0.05, 0.1) is 24.5 Å². The Bertz CT molecular complexity index is 427. The van der Waals surface area contributed by atoms with E-state index in [2.05, 4.69) is 0 Å². The fourth-order valence-electron chi connectivity index (χ4n) is 1.65. The van der Waals surface area contributed by atoms with Gasteiger partial charge in [-0.2, -0.15) is 0 Å². The maximum absolute atomic E-state index is 11.0. The molecule has 0 amide bonds. The summed E-state index contributed by atoms with van der Waals surface area (Å²) < 4.78 is 10.9. The van der Waals surface area contributed by atoms with Crippen molar-refractivity contribution in [3.05, 3.63) is 17.7 Å². The first kappa shape index (κ1) is 14.2. The molecule has 0 radical (unpaired) electrons. The van der Waals surface area contributed by atoms with Crippen molar-refractivity contribution >= 4 is 11.7 Å². The summed E-state index contributed by atoms with van der Waals surface area (Å²) in [6, 6.07) is 2.88. The molecule has 0 saturated carbocycles. The minimum Gasteiger partial charge on any atom is -0.493 e. The molecule has 0 aliphatic heterocycles. The predicted molar refractivity (Wildman–Crippen MR) is 69.4 cm³/mol. The lowest BCUT2D eigenvalue weighted by atomic mass is 10.1. The van der Waals surface area contributed by atoms with Crippen molar-refractivity contribution in [2.24, 2.45) is 0 Å². The van der Waals surface area contributed by atoms with Gasteiger partial charge in [-0.3, -0.25) is 0 Å². The van der Waals surface area contributed by atoms with Gasteiger partial charge in [0.1, 0.15) is 0 Å². The van der Waals surface area contributed by atoms with E-state index < -0.39 is 5.97 Å². The summed E-state index contributed by atoms with van der Waals surface area (Å²) in [5, 5.41) is 9.03. The summed E-state index contributed by atoms with van der Waals surface area (Å²) in [5.41, 5.74) is 5.83. The average Bonchev–Trinajstić information content (AvgIpc) is 2.36. The zero-order valence-electron chi connectivity index (χ0n) is 10.9. The molecule has 0 bridgehead atoms. The zero-order chi connectivity index (χ0) is 13.7. The van der Waals surface area contributed by atoms with Gasteiger partial charge in [0.2, 0.25) is 0 Å². The van der Waals surface area contributed by atoms with Crippen LogP contribution in [0.1, 0.15) is 37.0 Å². The van der Waals surface area contributed by atoms with Crippen LogP contribution in [-0.2, 0) is 0 Å². The van der Waals surface area contributed by atoms with Crippen molar-refractivity contribution in [1.82, 2.24) is 0 Å². The van der Waals surface area contributed by atoms with Crippen LogP contribution in [0.2, 0.25) is 0 Å². The highest BCUT2D eigenvalue weighted by Gasteiger charge is 2.16. The molecule has 0 unspecified atom stereocenters. The molecular weight excluding hydrogens is 234 g/mol. The Labute approximate surface area is 107 Å². The molecule has 1 aromatic carbocycles. The van der Waals surface area contributed by atoms with Gasteiger partial charge in [-0.1, -0.05) is 13.8 Å². The first-order chi connectivity index (χ1) is 8.53. The van der Waals surface area contributed by atoms with Crippen molar-refractivity contribution in [3.63, 3.8) is 0 Å². The quantitative estimate of drug-likeness (QED) is 0.761. The van der Waals surface area contributed by atoms with Crippen LogP contribution in [0.25, 0.3) is 0 Å². The van der Waals surface area contributed by atoms with Crippen molar-refractivity contribution < 1.29 is 19.4 Å². The van der Waals surface area contributed by atoms with Gasteiger partial charge in [0, 0.05) is 12.1 Å². The molecule has 0 aromatic heterocycles. The summed E-state index contributed by atoms with van der Waals surface area (Å²) >= 11 is 0. The van der Waals surface area contributed by atoms with Crippen molar-refractivity contribution in [2.75, 3.05) is 12.8 Å². The minimum atomic E-state index is -1.08. The number of nitrogen functional groups attached to an aromatic ring is 1. The second-order valence-electron chi connectivity index (χ2n) is 3.95. The second-order valence-corrected chi connectivity index (χ2v) is 3.95. The molecule has 0 fully saturated rings. The molecule has 0 spiro atoms. The topological polar surface area (TPSA) is 81.8 Å². The smallest absolute Gasteiger partial charge is 0.337 e. The van der Waals surface area contributed by atoms with Crippen LogP contribution in [0.15, 0.2) is 12.1 Å². The van der Waals surface area contributed by atoms with Crippen molar-refractivity contribution in [1.29, 1.82) is 0 Å². The number of ether oxygens (including phenoxy) is 2. The second kappa shape index (κ2) is 6.14. The fraction of sp³-hybridized carbons (Fsp3) is 0.462. The standard InChI is InChI=1S/C13H19NO4/c1-4-8(5-2)18-12-6-9(13(15)16)10(14)7-11(12)17-3/h6-8H,4-5,14H2,1-3H3,(H,15,16). The summed E-state index contributed by atoms with van der Waals surface area (Å²) in [5.74, 6) is -0.216. The number of carboxylic acid groups (broad SMARTS) is 1. The van der Waals surface area contributed by atoms with Crippen molar-refractivity contribution in [2.45, 2.75) is 32.8 Å². The Hall–Kier alpha value is -1.91.